The Hall–Kier alpha value is -3.45. The van der Waals surface area contributed by atoms with Gasteiger partial charge in [-0.1, -0.05) is 6.07 Å². The summed E-state index contributed by atoms with van der Waals surface area (Å²) in [7, 11) is 1.37. The number of hydrogen-bond donors (Lipinski definition) is 1. The summed E-state index contributed by atoms with van der Waals surface area (Å²) in [4.78, 5) is 15.6. The Kier molecular flexibility index (Phi) is 5.52. The van der Waals surface area contributed by atoms with Crippen LogP contribution in [0.4, 0.5) is 13.2 Å². The number of carbonyl (C=O) groups is 1. The molecule has 3 rings (SSSR count). The van der Waals surface area contributed by atoms with E-state index in [4.69, 9.17) is 20.5 Å². The van der Waals surface area contributed by atoms with Gasteiger partial charge >= 0.3 is 6.18 Å². The molecule has 1 aliphatic rings. The summed E-state index contributed by atoms with van der Waals surface area (Å²) in [5.41, 5.74) is 4.50. The fraction of sp³-hybridized carbons (Fsp3) is 0.105. The number of thioether (sulfide) groups is 1. The molecule has 0 atom stereocenters. The number of benzene rings is 2. The predicted octanol–water partition coefficient (Wildman–Crippen LogP) is 4.31. The quantitative estimate of drug-likeness (QED) is 0.742. The Morgan fingerprint density at radius 3 is 2.55 bits per heavy atom. The number of nitrogens with zero attached hydrogens (tertiary/aromatic N) is 2. The molecule has 0 bridgehead atoms. The number of carbonyl (C=O) groups excluding carboxylic acids is 1. The van der Waals surface area contributed by atoms with Gasteiger partial charge in [-0.05, 0) is 53.7 Å². The smallest absolute Gasteiger partial charge is 0.417 e. The fourth-order valence-corrected chi connectivity index (χ4v) is 3.16. The molecule has 2 aromatic carbocycles. The van der Waals surface area contributed by atoms with E-state index in [0.29, 0.717) is 10.5 Å². The number of halogens is 3. The van der Waals surface area contributed by atoms with Gasteiger partial charge in [-0.15, -0.1) is 0 Å². The zero-order chi connectivity index (χ0) is 21.2. The summed E-state index contributed by atoms with van der Waals surface area (Å²) in [5.74, 6) is -0.164. The van der Waals surface area contributed by atoms with Crippen molar-refractivity contribution in [3.63, 3.8) is 0 Å². The standard InChI is InChI=1S/C19H12F3N3O3S/c1-27-15-6-10(7-16-17(26)25-18(24)29-16)2-5-14(15)28-12-4-3-11(9-23)13(8-12)19(20,21)22/h2-8H,1H3,(H2,24,25,26)/b16-7+. The molecule has 0 aliphatic carbocycles. The van der Waals surface area contributed by atoms with Crippen molar-refractivity contribution in [1.82, 2.24) is 0 Å². The zero-order valence-electron chi connectivity index (χ0n) is 14.8. The molecular weight excluding hydrogens is 407 g/mol. The zero-order valence-corrected chi connectivity index (χ0v) is 15.6. The van der Waals surface area contributed by atoms with E-state index in [1.165, 1.54) is 25.3 Å². The summed E-state index contributed by atoms with van der Waals surface area (Å²) >= 11 is 1.03. The molecule has 0 radical (unpaired) electrons. The molecule has 0 saturated heterocycles. The highest BCUT2D eigenvalue weighted by molar-refractivity contribution is 8.18. The summed E-state index contributed by atoms with van der Waals surface area (Å²) in [6.45, 7) is 0. The van der Waals surface area contributed by atoms with E-state index in [-0.39, 0.29) is 22.4 Å². The molecule has 0 fully saturated rings. The third-order valence-corrected chi connectivity index (χ3v) is 4.58. The first-order valence-corrected chi connectivity index (χ1v) is 8.78. The van der Waals surface area contributed by atoms with E-state index >= 15 is 0 Å². The Balaban J connectivity index is 1.90. The van der Waals surface area contributed by atoms with Crippen LogP contribution in [0, 0.1) is 11.3 Å². The maximum Gasteiger partial charge on any atom is 0.417 e. The average molecular weight is 419 g/mol. The predicted molar refractivity (Wildman–Crippen MR) is 101 cm³/mol. The van der Waals surface area contributed by atoms with Crippen molar-refractivity contribution in [2.24, 2.45) is 10.7 Å². The van der Waals surface area contributed by atoms with Gasteiger partial charge in [0.05, 0.1) is 29.2 Å². The minimum absolute atomic E-state index is 0.108. The molecule has 2 aromatic rings. The molecule has 29 heavy (non-hydrogen) atoms. The molecule has 0 unspecified atom stereocenters. The number of amides is 1. The van der Waals surface area contributed by atoms with Gasteiger partial charge in [0, 0.05) is 0 Å². The number of hydrogen-bond acceptors (Lipinski definition) is 6. The molecule has 10 heteroatoms. The largest absolute Gasteiger partial charge is 0.493 e. The second kappa shape index (κ2) is 7.89. The number of ether oxygens (including phenoxy) is 2. The molecule has 1 amide bonds. The molecule has 6 nitrogen and oxygen atoms in total. The summed E-state index contributed by atoms with van der Waals surface area (Å²) in [6.07, 6.45) is -3.13. The van der Waals surface area contributed by atoms with Crippen LogP contribution in [0.3, 0.4) is 0 Å². The van der Waals surface area contributed by atoms with Gasteiger partial charge in [-0.25, -0.2) is 0 Å². The first kappa shape index (κ1) is 20.3. The van der Waals surface area contributed by atoms with Crippen molar-refractivity contribution in [2.45, 2.75) is 6.18 Å². The van der Waals surface area contributed by atoms with Crippen LogP contribution >= 0.6 is 11.8 Å². The number of nitriles is 1. The molecule has 1 heterocycles. The lowest BCUT2D eigenvalue weighted by molar-refractivity contribution is -0.137. The van der Waals surface area contributed by atoms with Gasteiger partial charge in [0.2, 0.25) is 0 Å². The maximum atomic E-state index is 13.1. The molecule has 0 saturated carbocycles. The van der Waals surface area contributed by atoms with Crippen LogP contribution in [0.2, 0.25) is 0 Å². The third kappa shape index (κ3) is 4.52. The first-order chi connectivity index (χ1) is 13.7. The lowest BCUT2D eigenvalue weighted by Gasteiger charge is -2.14. The number of nitrogens with two attached hydrogens (primary N) is 1. The highest BCUT2D eigenvalue weighted by atomic mass is 32.2. The SMILES string of the molecule is COc1cc(/C=C2/SC(N)=NC2=O)ccc1Oc1ccc(C#N)c(C(F)(F)F)c1. The number of amidine groups is 1. The van der Waals surface area contributed by atoms with E-state index in [0.717, 1.165) is 23.9 Å². The van der Waals surface area contributed by atoms with Crippen molar-refractivity contribution in [1.29, 1.82) is 5.26 Å². The maximum absolute atomic E-state index is 13.1. The average Bonchev–Trinajstić information content (AvgIpc) is 2.99. The van der Waals surface area contributed by atoms with Crippen LogP contribution in [0.1, 0.15) is 16.7 Å². The summed E-state index contributed by atoms with van der Waals surface area (Å²) < 4.78 is 50.1. The van der Waals surface area contributed by atoms with Crippen molar-refractivity contribution in [2.75, 3.05) is 7.11 Å². The number of rotatable bonds is 4. The van der Waals surface area contributed by atoms with Gasteiger partial charge in [0.15, 0.2) is 16.7 Å². The van der Waals surface area contributed by atoms with E-state index < -0.39 is 23.2 Å². The van der Waals surface area contributed by atoms with Crippen LogP contribution < -0.4 is 15.2 Å². The Morgan fingerprint density at radius 2 is 1.97 bits per heavy atom. The topological polar surface area (TPSA) is 97.7 Å². The van der Waals surface area contributed by atoms with Crippen LogP contribution in [0.15, 0.2) is 46.3 Å². The Bertz CT molecular complexity index is 1090. The van der Waals surface area contributed by atoms with Gasteiger partial charge in [0.1, 0.15) is 5.75 Å². The highest BCUT2D eigenvalue weighted by Crippen LogP contribution is 2.38. The van der Waals surface area contributed by atoms with Crippen molar-refractivity contribution in [3.05, 3.63) is 58.0 Å². The Morgan fingerprint density at radius 1 is 1.21 bits per heavy atom. The molecule has 0 spiro atoms. The van der Waals surface area contributed by atoms with E-state index in [9.17, 15) is 18.0 Å². The van der Waals surface area contributed by atoms with Crippen molar-refractivity contribution in [3.8, 4) is 23.3 Å². The molecule has 1 aliphatic heterocycles. The lowest BCUT2D eigenvalue weighted by atomic mass is 10.1. The van der Waals surface area contributed by atoms with Crippen LogP contribution in [0.5, 0.6) is 17.2 Å². The number of methoxy groups -OCH3 is 1. The van der Waals surface area contributed by atoms with Crippen LogP contribution in [-0.4, -0.2) is 18.2 Å². The Labute approximate surface area is 167 Å². The van der Waals surface area contributed by atoms with Crippen LogP contribution in [-0.2, 0) is 11.0 Å². The molecular formula is C19H12F3N3O3S. The van der Waals surface area contributed by atoms with Crippen molar-refractivity contribution >= 4 is 28.9 Å². The molecule has 2 N–H and O–H groups in total. The van der Waals surface area contributed by atoms with Gasteiger partial charge in [-0.3, -0.25) is 4.79 Å². The monoisotopic (exact) mass is 419 g/mol. The highest BCUT2D eigenvalue weighted by Gasteiger charge is 2.34. The van der Waals surface area contributed by atoms with Gasteiger partial charge in [-0.2, -0.15) is 23.4 Å². The van der Waals surface area contributed by atoms with Gasteiger partial charge in [0.25, 0.3) is 5.91 Å². The molecule has 148 valence electrons. The first-order valence-electron chi connectivity index (χ1n) is 7.96. The summed E-state index contributed by atoms with van der Waals surface area (Å²) in [6, 6.07) is 9.21. The van der Waals surface area contributed by atoms with E-state index in [1.807, 2.05) is 0 Å². The number of aliphatic imine (C=N–C) groups is 1. The lowest BCUT2D eigenvalue weighted by Crippen LogP contribution is -2.08. The van der Waals surface area contributed by atoms with E-state index in [2.05, 4.69) is 4.99 Å². The van der Waals surface area contributed by atoms with Crippen molar-refractivity contribution < 1.29 is 27.4 Å². The number of alkyl halides is 3. The minimum atomic E-state index is -4.69. The van der Waals surface area contributed by atoms with Crippen LogP contribution in [0.25, 0.3) is 6.08 Å². The normalized spacial score (nSPS) is 15.2. The fourth-order valence-electron chi connectivity index (χ4n) is 2.48. The second-order valence-corrected chi connectivity index (χ2v) is 6.76. The summed E-state index contributed by atoms with van der Waals surface area (Å²) in [5, 5.41) is 9.02. The van der Waals surface area contributed by atoms with E-state index in [1.54, 1.807) is 18.2 Å². The second-order valence-electron chi connectivity index (χ2n) is 5.70. The third-order valence-electron chi connectivity index (χ3n) is 3.77. The minimum Gasteiger partial charge on any atom is -0.493 e. The van der Waals surface area contributed by atoms with Gasteiger partial charge < -0.3 is 15.2 Å². The molecule has 0 aromatic heterocycles.